The van der Waals surface area contributed by atoms with Crippen molar-refractivity contribution in [1.29, 1.82) is 0 Å². The number of amides is 1. The summed E-state index contributed by atoms with van der Waals surface area (Å²) in [6, 6.07) is 32.6. The van der Waals surface area contributed by atoms with Crippen molar-refractivity contribution in [1.82, 2.24) is 9.78 Å². The molecule has 214 valence electrons. The highest BCUT2D eigenvalue weighted by Crippen LogP contribution is 2.29. The van der Waals surface area contributed by atoms with Gasteiger partial charge in [-0.25, -0.2) is 4.68 Å². The highest BCUT2D eigenvalue weighted by atomic mass is 16.5. The third kappa shape index (κ3) is 7.48. The van der Waals surface area contributed by atoms with Crippen molar-refractivity contribution in [3.8, 4) is 34.1 Å². The van der Waals surface area contributed by atoms with Gasteiger partial charge in [0.25, 0.3) is 5.91 Å². The molecule has 5 aromatic rings. The molecular formula is C34H33N3O5. The number of hydrogen-bond acceptors (Lipinski definition) is 6. The lowest BCUT2D eigenvalue weighted by atomic mass is 10.1. The summed E-state index contributed by atoms with van der Waals surface area (Å²) in [5.41, 5.74) is 4.15. The monoisotopic (exact) mass is 563 g/mol. The molecule has 0 radical (unpaired) electrons. The van der Waals surface area contributed by atoms with E-state index in [1.807, 2.05) is 86.6 Å². The molecule has 1 heterocycles. The van der Waals surface area contributed by atoms with Gasteiger partial charge in [-0.2, -0.15) is 5.10 Å². The molecule has 1 aromatic heterocycles. The molecule has 0 saturated carbocycles. The van der Waals surface area contributed by atoms with Crippen LogP contribution in [0.5, 0.6) is 23.0 Å². The first-order valence-corrected chi connectivity index (χ1v) is 13.9. The van der Waals surface area contributed by atoms with E-state index in [0.29, 0.717) is 42.7 Å². The molecule has 8 heteroatoms. The Kier molecular flexibility index (Phi) is 9.36. The van der Waals surface area contributed by atoms with E-state index in [1.54, 1.807) is 29.1 Å². The van der Waals surface area contributed by atoms with Crippen molar-refractivity contribution in [2.45, 2.75) is 27.2 Å². The summed E-state index contributed by atoms with van der Waals surface area (Å²) in [5, 5.41) is 7.21. The number of rotatable bonds is 13. The van der Waals surface area contributed by atoms with Gasteiger partial charge in [0.15, 0.2) is 23.9 Å². The van der Waals surface area contributed by atoms with Gasteiger partial charge >= 0.3 is 0 Å². The van der Waals surface area contributed by atoms with Gasteiger partial charge in [0.2, 0.25) is 0 Å². The lowest BCUT2D eigenvalue weighted by Crippen LogP contribution is -2.14. The maximum absolute atomic E-state index is 12.7. The quantitative estimate of drug-likeness (QED) is 0.163. The van der Waals surface area contributed by atoms with Crippen molar-refractivity contribution in [3.63, 3.8) is 0 Å². The molecule has 0 spiro atoms. The summed E-state index contributed by atoms with van der Waals surface area (Å²) in [7, 11) is 0. The van der Waals surface area contributed by atoms with Crippen LogP contribution in [0.15, 0.2) is 109 Å². The van der Waals surface area contributed by atoms with Gasteiger partial charge in [-0.3, -0.25) is 4.79 Å². The summed E-state index contributed by atoms with van der Waals surface area (Å²) in [6.45, 7) is 5.55. The first kappa shape index (κ1) is 28.3. The minimum atomic E-state index is -0.313. The van der Waals surface area contributed by atoms with Crippen LogP contribution in [0.4, 0.5) is 5.69 Å². The number of nitrogens with one attached hydrogen (secondary N) is 1. The maximum Gasteiger partial charge on any atom is 0.276 e. The molecule has 0 saturated heterocycles. The van der Waals surface area contributed by atoms with Crippen molar-refractivity contribution in [2.75, 3.05) is 18.5 Å². The van der Waals surface area contributed by atoms with Gasteiger partial charge < -0.3 is 24.3 Å². The van der Waals surface area contributed by atoms with Gasteiger partial charge in [0, 0.05) is 11.9 Å². The van der Waals surface area contributed by atoms with E-state index in [1.165, 1.54) is 0 Å². The van der Waals surface area contributed by atoms with Crippen LogP contribution in [0.2, 0.25) is 0 Å². The second kappa shape index (κ2) is 13.9. The highest BCUT2D eigenvalue weighted by Gasteiger charge is 2.11. The molecule has 42 heavy (non-hydrogen) atoms. The zero-order chi connectivity index (χ0) is 29.1. The smallest absolute Gasteiger partial charge is 0.276 e. The van der Waals surface area contributed by atoms with Gasteiger partial charge in [-0.05, 0) is 85.1 Å². The van der Waals surface area contributed by atoms with Crippen LogP contribution >= 0.6 is 0 Å². The third-order valence-electron chi connectivity index (χ3n) is 6.32. The largest absolute Gasteiger partial charge is 0.490 e. The minimum absolute atomic E-state index is 0.185. The molecular weight excluding hydrogens is 530 g/mol. The van der Waals surface area contributed by atoms with Gasteiger partial charge in [-0.1, -0.05) is 48.5 Å². The maximum atomic E-state index is 12.7. The number of benzene rings is 4. The molecule has 0 aliphatic heterocycles. The van der Waals surface area contributed by atoms with Crippen LogP contribution in [-0.4, -0.2) is 28.9 Å². The highest BCUT2D eigenvalue weighted by molar-refractivity contribution is 6.02. The summed E-state index contributed by atoms with van der Waals surface area (Å²) >= 11 is 0. The van der Waals surface area contributed by atoms with Crippen molar-refractivity contribution >= 4 is 11.6 Å². The normalized spacial score (nSPS) is 10.6. The van der Waals surface area contributed by atoms with Crippen LogP contribution in [-0.2, 0) is 13.3 Å². The van der Waals surface area contributed by atoms with E-state index in [0.717, 1.165) is 28.2 Å². The van der Waals surface area contributed by atoms with Gasteiger partial charge in [0.05, 0.1) is 13.2 Å². The summed E-state index contributed by atoms with van der Waals surface area (Å²) in [5.74, 6) is 2.50. The fourth-order valence-corrected chi connectivity index (χ4v) is 4.25. The van der Waals surface area contributed by atoms with Crippen molar-refractivity contribution in [2.24, 2.45) is 0 Å². The summed E-state index contributed by atoms with van der Waals surface area (Å²) < 4.78 is 24.7. The van der Waals surface area contributed by atoms with E-state index < -0.39 is 0 Å². The van der Waals surface area contributed by atoms with E-state index in [-0.39, 0.29) is 12.6 Å². The van der Waals surface area contributed by atoms with Crippen molar-refractivity contribution < 1.29 is 23.7 Å². The average molecular weight is 564 g/mol. The molecule has 8 nitrogen and oxygen atoms in total. The SMILES string of the molecule is CCOc1ccc(COc2ccc(NC(=O)c3ccn(COc4ccc(-c5ccccc5)cc4)n3)cc2)cc1OCC. The molecule has 1 N–H and O–H groups in total. The number of carbonyl (C=O) groups excluding carboxylic acids is 1. The van der Waals surface area contributed by atoms with Crippen LogP contribution in [0.3, 0.4) is 0 Å². The van der Waals surface area contributed by atoms with E-state index in [2.05, 4.69) is 22.5 Å². The Morgan fingerprint density at radius 2 is 1.38 bits per heavy atom. The summed E-state index contributed by atoms with van der Waals surface area (Å²) in [6.07, 6.45) is 1.71. The standard InChI is InChI=1S/C34H33N3O5/c1-3-39-32-19-10-25(22-33(32)40-4-2)23-41-29-17-13-28(14-18-29)35-34(38)31-20-21-37(36-31)24-42-30-15-11-27(12-16-30)26-8-6-5-7-9-26/h5-22H,3-4,23-24H2,1-2H3,(H,35,38). The Morgan fingerprint density at radius 1 is 0.714 bits per heavy atom. The summed E-state index contributed by atoms with van der Waals surface area (Å²) in [4.78, 5) is 12.7. The molecule has 0 aliphatic carbocycles. The van der Waals surface area contributed by atoms with Crippen LogP contribution in [0.25, 0.3) is 11.1 Å². The molecule has 0 unspecified atom stereocenters. The number of ether oxygens (including phenoxy) is 4. The Morgan fingerprint density at radius 3 is 2.12 bits per heavy atom. The fourth-order valence-electron chi connectivity index (χ4n) is 4.25. The lowest BCUT2D eigenvalue weighted by molar-refractivity contribution is 0.102. The number of hydrogen-bond donors (Lipinski definition) is 1. The molecule has 0 fully saturated rings. The topological polar surface area (TPSA) is 83.8 Å². The zero-order valence-corrected chi connectivity index (χ0v) is 23.7. The molecule has 0 bridgehead atoms. The Hall–Kier alpha value is -5.24. The number of aromatic nitrogens is 2. The van der Waals surface area contributed by atoms with Crippen LogP contribution in [0.1, 0.15) is 29.9 Å². The predicted molar refractivity (Wildman–Crippen MR) is 162 cm³/mol. The molecule has 0 atom stereocenters. The molecule has 1 amide bonds. The third-order valence-corrected chi connectivity index (χ3v) is 6.32. The minimum Gasteiger partial charge on any atom is -0.490 e. The molecule has 4 aromatic carbocycles. The van der Waals surface area contributed by atoms with Crippen molar-refractivity contribution in [3.05, 3.63) is 121 Å². The Balaban J connectivity index is 1.10. The van der Waals surface area contributed by atoms with Gasteiger partial charge in [-0.15, -0.1) is 0 Å². The predicted octanol–water partition coefficient (Wildman–Crippen LogP) is 7.22. The Bertz CT molecular complexity index is 1580. The number of nitrogens with zero attached hydrogens (tertiary/aromatic N) is 2. The fraction of sp³-hybridized carbons (Fsp3) is 0.176. The van der Waals surface area contributed by atoms with Gasteiger partial charge in [0.1, 0.15) is 18.1 Å². The zero-order valence-electron chi connectivity index (χ0n) is 23.7. The van der Waals surface area contributed by atoms with Crippen LogP contribution < -0.4 is 24.3 Å². The average Bonchev–Trinajstić information content (AvgIpc) is 3.51. The molecule has 5 rings (SSSR count). The Labute approximate surface area is 245 Å². The van der Waals surface area contributed by atoms with E-state index in [4.69, 9.17) is 18.9 Å². The number of anilines is 1. The first-order chi connectivity index (χ1) is 20.6. The second-order valence-corrected chi connectivity index (χ2v) is 9.32. The number of carbonyl (C=O) groups is 1. The van der Waals surface area contributed by atoms with E-state index in [9.17, 15) is 4.79 Å². The van der Waals surface area contributed by atoms with E-state index >= 15 is 0 Å². The lowest BCUT2D eigenvalue weighted by Gasteiger charge is -2.13. The molecule has 0 aliphatic rings. The second-order valence-electron chi connectivity index (χ2n) is 9.32. The van der Waals surface area contributed by atoms with Crippen LogP contribution in [0, 0.1) is 0 Å². The first-order valence-electron chi connectivity index (χ1n) is 13.9.